The Balaban J connectivity index is 1.90. The highest BCUT2D eigenvalue weighted by Crippen LogP contribution is 2.26. The molecule has 6 heteroatoms. The van der Waals surface area contributed by atoms with Crippen LogP contribution in [-0.4, -0.2) is 19.0 Å². The van der Waals surface area contributed by atoms with Crippen molar-refractivity contribution in [2.24, 2.45) is 4.99 Å². The lowest BCUT2D eigenvalue weighted by Crippen LogP contribution is -2.05. The molecule has 1 aliphatic rings. The zero-order valence-corrected chi connectivity index (χ0v) is 13.6. The summed E-state index contributed by atoms with van der Waals surface area (Å²) < 4.78 is 10.3. The normalized spacial score (nSPS) is 15.5. The van der Waals surface area contributed by atoms with Crippen molar-refractivity contribution >= 4 is 41.1 Å². The first-order valence-corrected chi connectivity index (χ1v) is 7.44. The SMILES string of the molecule is COc1ccc(/C=C2/N=C(c3ccc(Cl)c(Cl)c3)OC2=O)cc1. The summed E-state index contributed by atoms with van der Waals surface area (Å²) in [4.78, 5) is 16.2. The monoisotopic (exact) mass is 347 g/mol. The number of methoxy groups -OCH3 is 1. The molecular formula is C17H11Cl2NO3. The number of cyclic esters (lactones) is 1. The maximum Gasteiger partial charge on any atom is 0.363 e. The first-order valence-electron chi connectivity index (χ1n) is 6.69. The van der Waals surface area contributed by atoms with Gasteiger partial charge in [0.1, 0.15) is 5.75 Å². The fraction of sp³-hybridized carbons (Fsp3) is 0.0588. The zero-order chi connectivity index (χ0) is 16.4. The molecule has 0 saturated carbocycles. The van der Waals surface area contributed by atoms with Gasteiger partial charge in [-0.3, -0.25) is 0 Å². The first kappa shape index (κ1) is 15.6. The average molecular weight is 348 g/mol. The molecule has 2 aromatic carbocycles. The molecule has 0 atom stereocenters. The van der Waals surface area contributed by atoms with Crippen LogP contribution >= 0.6 is 23.2 Å². The third-order valence-electron chi connectivity index (χ3n) is 3.21. The van der Waals surface area contributed by atoms with Gasteiger partial charge in [-0.15, -0.1) is 0 Å². The van der Waals surface area contributed by atoms with Crippen LogP contribution in [0.1, 0.15) is 11.1 Å². The van der Waals surface area contributed by atoms with Crippen LogP contribution in [0.2, 0.25) is 10.0 Å². The lowest BCUT2D eigenvalue weighted by atomic mass is 10.2. The van der Waals surface area contributed by atoms with Crippen LogP contribution in [0.15, 0.2) is 53.2 Å². The number of hydrogen-bond acceptors (Lipinski definition) is 4. The summed E-state index contributed by atoms with van der Waals surface area (Å²) in [5.41, 5.74) is 1.62. The summed E-state index contributed by atoms with van der Waals surface area (Å²) in [6.45, 7) is 0. The van der Waals surface area contributed by atoms with E-state index in [1.165, 1.54) is 0 Å². The number of carbonyl (C=O) groups excluding carboxylic acids is 1. The molecule has 0 unspecified atom stereocenters. The number of nitrogens with zero attached hydrogens (tertiary/aromatic N) is 1. The molecule has 1 aliphatic heterocycles. The van der Waals surface area contributed by atoms with Crippen LogP contribution in [-0.2, 0) is 9.53 Å². The number of halogens is 2. The Hall–Kier alpha value is -2.30. The van der Waals surface area contributed by atoms with Crippen molar-refractivity contribution in [1.29, 1.82) is 0 Å². The van der Waals surface area contributed by atoms with Gasteiger partial charge in [-0.2, -0.15) is 0 Å². The van der Waals surface area contributed by atoms with E-state index >= 15 is 0 Å². The van der Waals surface area contributed by atoms with Crippen molar-refractivity contribution in [3.8, 4) is 5.75 Å². The molecule has 0 bridgehead atoms. The molecule has 0 N–H and O–H groups in total. The van der Waals surface area contributed by atoms with E-state index in [-0.39, 0.29) is 11.6 Å². The molecule has 2 aromatic rings. The topological polar surface area (TPSA) is 47.9 Å². The maximum absolute atomic E-state index is 11.9. The number of hydrogen-bond donors (Lipinski definition) is 0. The molecule has 0 aliphatic carbocycles. The fourth-order valence-corrected chi connectivity index (χ4v) is 2.32. The van der Waals surface area contributed by atoms with E-state index in [1.807, 2.05) is 12.1 Å². The molecule has 3 rings (SSSR count). The standard InChI is InChI=1S/C17H11Cl2NO3/c1-22-12-5-2-10(3-6-12)8-15-17(21)23-16(20-15)11-4-7-13(18)14(19)9-11/h2-9H,1H3/b15-8+. The summed E-state index contributed by atoms with van der Waals surface area (Å²) in [6, 6.07) is 12.2. The van der Waals surface area contributed by atoms with Crippen molar-refractivity contribution in [3.63, 3.8) is 0 Å². The minimum atomic E-state index is -0.512. The highest BCUT2D eigenvalue weighted by molar-refractivity contribution is 6.42. The molecule has 0 amide bonds. The van der Waals surface area contributed by atoms with Crippen LogP contribution in [0.4, 0.5) is 0 Å². The van der Waals surface area contributed by atoms with E-state index in [4.69, 9.17) is 32.7 Å². The molecule has 1 heterocycles. The predicted molar refractivity (Wildman–Crippen MR) is 90.1 cm³/mol. The predicted octanol–water partition coefficient (Wildman–Crippen LogP) is 4.35. The smallest absolute Gasteiger partial charge is 0.363 e. The van der Waals surface area contributed by atoms with Crippen molar-refractivity contribution in [2.45, 2.75) is 0 Å². The molecule has 0 fully saturated rings. The molecule has 0 spiro atoms. The Bertz CT molecular complexity index is 826. The van der Waals surface area contributed by atoms with Gasteiger partial charge >= 0.3 is 5.97 Å². The minimum absolute atomic E-state index is 0.202. The lowest BCUT2D eigenvalue weighted by Gasteiger charge is -2.01. The maximum atomic E-state index is 11.9. The van der Waals surface area contributed by atoms with E-state index in [0.717, 1.165) is 11.3 Å². The third-order valence-corrected chi connectivity index (χ3v) is 3.95. The number of esters is 1. The number of rotatable bonds is 3. The van der Waals surface area contributed by atoms with E-state index in [0.29, 0.717) is 15.6 Å². The van der Waals surface area contributed by atoms with Crippen molar-refractivity contribution < 1.29 is 14.3 Å². The van der Waals surface area contributed by atoms with Crippen molar-refractivity contribution in [2.75, 3.05) is 7.11 Å². The van der Waals surface area contributed by atoms with Gasteiger partial charge in [0.15, 0.2) is 5.70 Å². The Labute approximate surface area is 143 Å². The summed E-state index contributed by atoms with van der Waals surface area (Å²) >= 11 is 11.8. The second-order valence-corrected chi connectivity index (χ2v) is 5.55. The van der Waals surface area contributed by atoms with Gasteiger partial charge in [0.05, 0.1) is 17.2 Å². The molecule has 23 heavy (non-hydrogen) atoms. The summed E-state index contributed by atoms with van der Waals surface area (Å²) in [7, 11) is 1.59. The largest absolute Gasteiger partial charge is 0.497 e. The van der Waals surface area contributed by atoms with Gasteiger partial charge in [-0.25, -0.2) is 9.79 Å². The zero-order valence-electron chi connectivity index (χ0n) is 12.0. The highest BCUT2D eigenvalue weighted by atomic mass is 35.5. The molecule has 0 radical (unpaired) electrons. The molecule has 116 valence electrons. The van der Waals surface area contributed by atoms with Crippen LogP contribution in [0, 0.1) is 0 Å². The van der Waals surface area contributed by atoms with Gasteiger partial charge in [-0.1, -0.05) is 35.3 Å². The van der Waals surface area contributed by atoms with Gasteiger partial charge in [0.25, 0.3) is 0 Å². The van der Waals surface area contributed by atoms with Gasteiger partial charge in [0, 0.05) is 5.56 Å². The Morgan fingerprint density at radius 3 is 2.48 bits per heavy atom. The first-order chi connectivity index (χ1) is 11.1. The average Bonchev–Trinajstić information content (AvgIpc) is 2.92. The van der Waals surface area contributed by atoms with E-state index in [2.05, 4.69) is 4.99 Å². The summed E-state index contributed by atoms with van der Waals surface area (Å²) in [5.74, 6) is 0.427. The Morgan fingerprint density at radius 1 is 1.09 bits per heavy atom. The van der Waals surface area contributed by atoms with Crippen LogP contribution in [0.3, 0.4) is 0 Å². The quantitative estimate of drug-likeness (QED) is 0.612. The van der Waals surface area contributed by atoms with Crippen LogP contribution in [0.25, 0.3) is 6.08 Å². The second-order valence-electron chi connectivity index (χ2n) is 4.74. The Morgan fingerprint density at radius 2 is 1.83 bits per heavy atom. The molecule has 0 aromatic heterocycles. The lowest BCUT2D eigenvalue weighted by molar-refractivity contribution is -0.129. The Kier molecular flexibility index (Phi) is 4.37. The fourth-order valence-electron chi connectivity index (χ4n) is 2.02. The number of ether oxygens (including phenoxy) is 2. The number of aliphatic imine (C=N–C) groups is 1. The summed E-state index contributed by atoms with van der Waals surface area (Å²) in [5, 5.41) is 0.796. The van der Waals surface area contributed by atoms with E-state index in [1.54, 1.807) is 43.5 Å². The van der Waals surface area contributed by atoms with Crippen molar-refractivity contribution in [3.05, 3.63) is 69.3 Å². The summed E-state index contributed by atoms with van der Waals surface area (Å²) in [6.07, 6.45) is 1.65. The minimum Gasteiger partial charge on any atom is -0.497 e. The van der Waals surface area contributed by atoms with Crippen molar-refractivity contribution in [1.82, 2.24) is 0 Å². The number of benzene rings is 2. The molecular weight excluding hydrogens is 337 g/mol. The van der Waals surface area contributed by atoms with E-state index in [9.17, 15) is 4.79 Å². The molecule has 4 nitrogen and oxygen atoms in total. The van der Waals surface area contributed by atoms with Crippen LogP contribution in [0.5, 0.6) is 5.75 Å². The molecule has 0 saturated heterocycles. The van der Waals surface area contributed by atoms with E-state index < -0.39 is 5.97 Å². The van der Waals surface area contributed by atoms with Gasteiger partial charge in [-0.05, 0) is 42.0 Å². The van der Waals surface area contributed by atoms with Gasteiger partial charge < -0.3 is 9.47 Å². The third kappa shape index (κ3) is 3.38. The second kappa shape index (κ2) is 6.44. The van der Waals surface area contributed by atoms with Crippen LogP contribution < -0.4 is 4.74 Å². The number of carbonyl (C=O) groups is 1. The highest BCUT2D eigenvalue weighted by Gasteiger charge is 2.24. The van der Waals surface area contributed by atoms with Gasteiger partial charge in [0.2, 0.25) is 5.90 Å².